The van der Waals surface area contributed by atoms with E-state index in [0.717, 1.165) is 36.3 Å². The molecule has 3 heteroatoms. The number of hydrogen-bond donors (Lipinski definition) is 0. The summed E-state index contributed by atoms with van der Waals surface area (Å²) in [7, 11) is 1.73. The van der Waals surface area contributed by atoms with Crippen molar-refractivity contribution in [2.75, 3.05) is 33.4 Å². The average Bonchev–Trinajstić information content (AvgIpc) is 2.24. The van der Waals surface area contributed by atoms with Gasteiger partial charge in [-0.05, 0) is 25.1 Å². The molecule has 0 spiro atoms. The molecule has 0 aliphatic heterocycles. The summed E-state index contributed by atoms with van der Waals surface area (Å²) in [6.07, 6.45) is 6.06. The molecule has 0 aromatic rings. The third-order valence-electron chi connectivity index (χ3n) is 2.15. The minimum atomic E-state index is 0.765. The topological polar surface area (TPSA) is 12.5 Å². The zero-order valence-corrected chi connectivity index (χ0v) is 12.1. The first-order valence-corrected chi connectivity index (χ1v) is 6.32. The molecule has 0 aliphatic rings. The van der Waals surface area contributed by atoms with Crippen molar-refractivity contribution >= 4 is 15.9 Å². The van der Waals surface area contributed by atoms with E-state index < -0.39 is 0 Å². The van der Waals surface area contributed by atoms with Gasteiger partial charge in [0, 0.05) is 24.7 Å². The highest BCUT2D eigenvalue weighted by atomic mass is 79.9. The lowest BCUT2D eigenvalue weighted by Crippen LogP contribution is -2.28. The number of rotatable bonds is 8. The third-order valence-corrected chi connectivity index (χ3v) is 2.65. The van der Waals surface area contributed by atoms with E-state index in [-0.39, 0.29) is 0 Å². The first kappa shape index (κ1) is 15.6. The van der Waals surface area contributed by atoms with Crippen molar-refractivity contribution < 1.29 is 4.74 Å². The average molecular weight is 288 g/mol. The van der Waals surface area contributed by atoms with Gasteiger partial charge in [0.1, 0.15) is 0 Å². The number of hydrogen-bond acceptors (Lipinski definition) is 2. The molecular formula is C13H22BrNO. The van der Waals surface area contributed by atoms with Gasteiger partial charge >= 0.3 is 0 Å². The summed E-state index contributed by atoms with van der Waals surface area (Å²) in [4.78, 5) is 2.30. The second-order valence-electron chi connectivity index (χ2n) is 3.55. The fourth-order valence-corrected chi connectivity index (χ4v) is 1.89. The molecule has 0 N–H and O–H groups in total. The molecule has 16 heavy (non-hydrogen) atoms. The van der Waals surface area contributed by atoms with Crippen LogP contribution >= 0.6 is 15.9 Å². The number of ether oxygens (including phenoxy) is 1. The number of methoxy groups -OCH3 is 1. The van der Waals surface area contributed by atoms with Crippen LogP contribution in [0.1, 0.15) is 13.8 Å². The Morgan fingerprint density at radius 1 is 1.50 bits per heavy atom. The van der Waals surface area contributed by atoms with Crippen molar-refractivity contribution in [2.24, 2.45) is 0 Å². The van der Waals surface area contributed by atoms with Crippen molar-refractivity contribution in [3.05, 3.63) is 34.9 Å². The molecule has 92 valence electrons. The lowest BCUT2D eigenvalue weighted by molar-refractivity contribution is 0.156. The molecule has 0 saturated carbocycles. The molecule has 0 unspecified atom stereocenters. The highest BCUT2D eigenvalue weighted by Crippen LogP contribution is 2.11. The predicted octanol–water partition coefficient (Wildman–Crippen LogP) is 3.37. The normalized spacial score (nSPS) is 12.7. The van der Waals surface area contributed by atoms with E-state index in [2.05, 4.69) is 40.4 Å². The Bertz CT molecular complexity index is 259. The Hall–Kier alpha value is -0.380. The molecule has 0 heterocycles. The van der Waals surface area contributed by atoms with Crippen LogP contribution in [0.3, 0.4) is 0 Å². The van der Waals surface area contributed by atoms with Gasteiger partial charge in [-0.3, -0.25) is 4.90 Å². The van der Waals surface area contributed by atoms with E-state index in [1.807, 2.05) is 19.1 Å². The van der Waals surface area contributed by atoms with Gasteiger partial charge in [-0.2, -0.15) is 0 Å². The van der Waals surface area contributed by atoms with E-state index in [9.17, 15) is 0 Å². The summed E-state index contributed by atoms with van der Waals surface area (Å²) < 4.78 is 6.13. The van der Waals surface area contributed by atoms with E-state index in [1.54, 1.807) is 7.11 Å². The van der Waals surface area contributed by atoms with Gasteiger partial charge in [0.15, 0.2) is 0 Å². The number of likely N-dealkylation sites (N-methyl/N-ethyl adjacent to an activating group) is 1. The molecule has 2 nitrogen and oxygen atoms in total. The van der Waals surface area contributed by atoms with Gasteiger partial charge in [0.05, 0.1) is 6.61 Å². The first-order valence-electron chi connectivity index (χ1n) is 5.53. The van der Waals surface area contributed by atoms with Gasteiger partial charge in [-0.25, -0.2) is 0 Å². The van der Waals surface area contributed by atoms with Crippen molar-refractivity contribution in [3.63, 3.8) is 0 Å². The highest BCUT2D eigenvalue weighted by Gasteiger charge is 2.02. The fraction of sp³-hybridized carbons (Fsp3) is 0.538. The summed E-state index contributed by atoms with van der Waals surface area (Å²) in [5.74, 6) is 0. The molecule has 0 atom stereocenters. The van der Waals surface area contributed by atoms with E-state index in [1.165, 1.54) is 0 Å². The number of nitrogens with zero attached hydrogens (tertiary/aromatic N) is 1. The molecule has 0 amide bonds. The molecule has 0 aliphatic carbocycles. The van der Waals surface area contributed by atoms with Crippen LogP contribution in [0.4, 0.5) is 0 Å². The molecule has 0 rings (SSSR count). The van der Waals surface area contributed by atoms with Crippen molar-refractivity contribution in [1.82, 2.24) is 4.90 Å². The summed E-state index contributed by atoms with van der Waals surface area (Å²) in [6.45, 7) is 11.8. The summed E-state index contributed by atoms with van der Waals surface area (Å²) in [5.41, 5.74) is 1.10. The molecular weight excluding hydrogens is 266 g/mol. The van der Waals surface area contributed by atoms with Crippen LogP contribution in [0.15, 0.2) is 34.9 Å². The van der Waals surface area contributed by atoms with Gasteiger partial charge in [-0.15, -0.1) is 0 Å². The van der Waals surface area contributed by atoms with Crippen LogP contribution < -0.4 is 0 Å². The second kappa shape index (κ2) is 9.82. The van der Waals surface area contributed by atoms with Crippen LogP contribution in [0, 0.1) is 0 Å². The molecule has 0 saturated heterocycles. The highest BCUT2D eigenvalue weighted by molar-refractivity contribution is 9.11. The Labute approximate surface area is 108 Å². The second-order valence-corrected chi connectivity index (χ2v) is 4.46. The van der Waals surface area contributed by atoms with Gasteiger partial charge in [0.25, 0.3) is 0 Å². The molecule has 0 aromatic carbocycles. The lowest BCUT2D eigenvalue weighted by Gasteiger charge is -2.19. The van der Waals surface area contributed by atoms with Gasteiger partial charge in [0.2, 0.25) is 0 Å². The largest absolute Gasteiger partial charge is 0.383 e. The van der Waals surface area contributed by atoms with Crippen LogP contribution in [-0.2, 0) is 4.74 Å². The molecule has 0 aromatic heterocycles. The number of halogens is 1. The van der Waals surface area contributed by atoms with Crippen molar-refractivity contribution in [2.45, 2.75) is 13.8 Å². The summed E-state index contributed by atoms with van der Waals surface area (Å²) >= 11 is 3.47. The quantitative estimate of drug-likeness (QED) is 0.635. The summed E-state index contributed by atoms with van der Waals surface area (Å²) in [5, 5.41) is 0. The van der Waals surface area contributed by atoms with Crippen LogP contribution in [0.25, 0.3) is 0 Å². The van der Waals surface area contributed by atoms with E-state index in [4.69, 9.17) is 4.74 Å². The van der Waals surface area contributed by atoms with Gasteiger partial charge < -0.3 is 4.74 Å². The van der Waals surface area contributed by atoms with Gasteiger partial charge in [-0.1, -0.05) is 41.6 Å². The monoisotopic (exact) mass is 287 g/mol. The zero-order valence-electron chi connectivity index (χ0n) is 10.5. The van der Waals surface area contributed by atoms with Crippen LogP contribution in [-0.4, -0.2) is 38.3 Å². The maximum Gasteiger partial charge on any atom is 0.0589 e. The van der Waals surface area contributed by atoms with Crippen LogP contribution in [0.2, 0.25) is 0 Å². The standard InChI is InChI=1S/C13H22BrNO/c1-5-7-13(14)10-12(3)11-15(6-2)8-9-16-4/h5,7,10H,3,6,8-9,11H2,1-2,4H3/b7-5-,13-10+. The SMILES string of the molecule is C=C(/C=C(Br)\C=C/C)CN(CC)CCOC. The lowest BCUT2D eigenvalue weighted by atomic mass is 10.2. The maximum absolute atomic E-state index is 5.07. The molecule has 0 bridgehead atoms. The Morgan fingerprint density at radius 2 is 2.19 bits per heavy atom. The predicted molar refractivity (Wildman–Crippen MR) is 75.0 cm³/mol. The number of allylic oxidation sites excluding steroid dienone is 3. The smallest absolute Gasteiger partial charge is 0.0589 e. The molecule has 0 fully saturated rings. The molecule has 0 radical (unpaired) electrons. The minimum absolute atomic E-state index is 0.765. The Morgan fingerprint density at radius 3 is 2.69 bits per heavy atom. The third kappa shape index (κ3) is 7.85. The Kier molecular flexibility index (Phi) is 9.59. The fourth-order valence-electron chi connectivity index (χ4n) is 1.30. The van der Waals surface area contributed by atoms with Crippen molar-refractivity contribution in [1.29, 1.82) is 0 Å². The Balaban J connectivity index is 4.14. The van der Waals surface area contributed by atoms with Crippen LogP contribution in [0.5, 0.6) is 0 Å². The first-order chi connectivity index (χ1) is 7.63. The summed E-state index contributed by atoms with van der Waals surface area (Å²) in [6, 6.07) is 0. The van der Waals surface area contributed by atoms with E-state index in [0.29, 0.717) is 0 Å². The van der Waals surface area contributed by atoms with Crippen molar-refractivity contribution in [3.8, 4) is 0 Å². The minimum Gasteiger partial charge on any atom is -0.383 e. The maximum atomic E-state index is 5.07. The van der Waals surface area contributed by atoms with E-state index >= 15 is 0 Å². The zero-order chi connectivity index (χ0) is 12.4.